The van der Waals surface area contributed by atoms with E-state index in [-0.39, 0.29) is 5.91 Å². The summed E-state index contributed by atoms with van der Waals surface area (Å²) in [7, 11) is 0. The summed E-state index contributed by atoms with van der Waals surface area (Å²) in [5, 5.41) is 5.29. The Morgan fingerprint density at radius 3 is 2.56 bits per heavy atom. The average Bonchev–Trinajstić information content (AvgIpc) is 2.69. The molecule has 0 saturated heterocycles. The van der Waals surface area contributed by atoms with Gasteiger partial charge >= 0.3 is 0 Å². The maximum Gasteiger partial charge on any atom is 0.255 e. The lowest BCUT2D eigenvalue weighted by Crippen LogP contribution is -2.13. The molecule has 1 amide bonds. The molecule has 0 fully saturated rings. The highest BCUT2D eigenvalue weighted by atomic mass is 16.1. The van der Waals surface area contributed by atoms with E-state index in [1.165, 1.54) is 0 Å². The van der Waals surface area contributed by atoms with Crippen LogP contribution in [0.4, 0.5) is 5.69 Å². The first-order chi connectivity index (χ1) is 13.1. The first kappa shape index (κ1) is 17.0. The molecule has 0 unspecified atom stereocenters. The molecule has 1 N–H and O–H groups in total. The number of hydrogen-bond donors (Lipinski definition) is 1. The smallest absolute Gasteiger partial charge is 0.255 e. The molecule has 0 aliphatic carbocycles. The van der Waals surface area contributed by atoms with Crippen molar-refractivity contribution in [3.8, 4) is 11.1 Å². The Morgan fingerprint density at radius 2 is 1.70 bits per heavy atom. The van der Waals surface area contributed by atoms with Crippen LogP contribution in [0.3, 0.4) is 0 Å². The van der Waals surface area contributed by atoms with Crippen molar-refractivity contribution in [2.75, 3.05) is 5.32 Å². The zero-order valence-corrected chi connectivity index (χ0v) is 15.4. The van der Waals surface area contributed by atoms with E-state index < -0.39 is 0 Å². The molecule has 0 aliphatic heterocycles. The van der Waals surface area contributed by atoms with Crippen LogP contribution in [-0.4, -0.2) is 10.9 Å². The summed E-state index contributed by atoms with van der Waals surface area (Å²) in [6.07, 6.45) is 3.67. The van der Waals surface area contributed by atoms with Crippen LogP contribution in [0.1, 0.15) is 21.5 Å². The number of hydrogen-bond acceptors (Lipinski definition) is 2. The number of benzene rings is 3. The molecule has 0 radical (unpaired) electrons. The number of fused-ring (bicyclic) bond motifs is 1. The maximum absolute atomic E-state index is 12.6. The fourth-order valence-electron chi connectivity index (χ4n) is 3.29. The summed E-state index contributed by atoms with van der Waals surface area (Å²) in [5.74, 6) is -0.0920. The first-order valence-electron chi connectivity index (χ1n) is 8.93. The highest BCUT2D eigenvalue weighted by molar-refractivity contribution is 6.05. The Bertz CT molecular complexity index is 1150. The summed E-state index contributed by atoms with van der Waals surface area (Å²) >= 11 is 0. The van der Waals surface area contributed by atoms with Crippen LogP contribution in [-0.2, 0) is 0 Å². The van der Waals surface area contributed by atoms with Crippen molar-refractivity contribution in [2.24, 2.45) is 0 Å². The number of carbonyl (C=O) groups is 1. The van der Waals surface area contributed by atoms with E-state index in [9.17, 15) is 4.79 Å². The van der Waals surface area contributed by atoms with Gasteiger partial charge < -0.3 is 5.32 Å². The minimum absolute atomic E-state index is 0.0920. The van der Waals surface area contributed by atoms with Gasteiger partial charge in [0.1, 0.15) is 0 Å². The molecule has 27 heavy (non-hydrogen) atoms. The molecule has 4 aromatic rings. The van der Waals surface area contributed by atoms with Gasteiger partial charge in [-0.15, -0.1) is 0 Å². The Kier molecular flexibility index (Phi) is 4.43. The fraction of sp³-hybridized carbons (Fsp3) is 0.0833. The predicted molar refractivity (Wildman–Crippen MR) is 111 cm³/mol. The summed E-state index contributed by atoms with van der Waals surface area (Å²) < 4.78 is 0. The van der Waals surface area contributed by atoms with Crippen LogP contribution in [0, 0.1) is 13.8 Å². The number of pyridine rings is 1. The Hall–Kier alpha value is -3.46. The van der Waals surface area contributed by atoms with Gasteiger partial charge in [-0.3, -0.25) is 9.78 Å². The molecule has 4 rings (SSSR count). The largest absolute Gasteiger partial charge is 0.322 e. The molecule has 0 aliphatic rings. The molecule has 3 aromatic carbocycles. The minimum Gasteiger partial charge on any atom is -0.322 e. The number of aryl methyl sites for hydroxylation is 2. The molecule has 1 heterocycles. The van der Waals surface area contributed by atoms with Gasteiger partial charge in [0.15, 0.2) is 0 Å². The topological polar surface area (TPSA) is 42.0 Å². The minimum atomic E-state index is -0.0920. The maximum atomic E-state index is 12.6. The van der Waals surface area contributed by atoms with Gasteiger partial charge in [-0.1, -0.05) is 36.4 Å². The second-order valence-electron chi connectivity index (χ2n) is 6.74. The summed E-state index contributed by atoms with van der Waals surface area (Å²) in [6, 6.07) is 22.0. The third-order valence-corrected chi connectivity index (χ3v) is 4.84. The van der Waals surface area contributed by atoms with Gasteiger partial charge in [-0.25, -0.2) is 0 Å². The van der Waals surface area contributed by atoms with Crippen molar-refractivity contribution in [3.05, 3.63) is 95.8 Å². The van der Waals surface area contributed by atoms with E-state index in [2.05, 4.69) is 35.4 Å². The van der Waals surface area contributed by atoms with Gasteiger partial charge in [0.2, 0.25) is 0 Å². The highest BCUT2D eigenvalue weighted by Crippen LogP contribution is 2.29. The van der Waals surface area contributed by atoms with Crippen LogP contribution in [0.2, 0.25) is 0 Å². The Morgan fingerprint density at radius 1 is 0.852 bits per heavy atom. The molecule has 132 valence electrons. The third-order valence-electron chi connectivity index (χ3n) is 4.84. The number of amides is 1. The van der Waals surface area contributed by atoms with E-state index in [1.807, 2.05) is 61.7 Å². The quantitative estimate of drug-likeness (QED) is 0.508. The first-order valence-corrected chi connectivity index (χ1v) is 8.93. The van der Waals surface area contributed by atoms with Crippen LogP contribution in [0.25, 0.3) is 21.9 Å². The van der Waals surface area contributed by atoms with Crippen LogP contribution < -0.4 is 5.32 Å². The third kappa shape index (κ3) is 3.44. The van der Waals surface area contributed by atoms with Crippen molar-refractivity contribution in [3.63, 3.8) is 0 Å². The molecule has 0 saturated carbocycles. The lowest BCUT2D eigenvalue weighted by molar-refractivity contribution is 0.102. The molecule has 0 bridgehead atoms. The van der Waals surface area contributed by atoms with Crippen LogP contribution in [0.15, 0.2) is 79.1 Å². The van der Waals surface area contributed by atoms with Crippen molar-refractivity contribution < 1.29 is 4.79 Å². The Labute approximate surface area is 158 Å². The van der Waals surface area contributed by atoms with Gasteiger partial charge in [0.05, 0.1) is 0 Å². The van der Waals surface area contributed by atoms with Gasteiger partial charge in [-0.2, -0.15) is 0 Å². The normalized spacial score (nSPS) is 10.7. The van der Waals surface area contributed by atoms with E-state index >= 15 is 0 Å². The van der Waals surface area contributed by atoms with E-state index in [0.29, 0.717) is 5.56 Å². The number of aromatic nitrogens is 1. The SMILES string of the molecule is Cc1ccccc1C(=O)Nc1ccc(C)c(-c2ccc3ccncc3c2)c1. The number of rotatable bonds is 3. The van der Waals surface area contributed by atoms with E-state index in [4.69, 9.17) is 0 Å². The second-order valence-corrected chi connectivity index (χ2v) is 6.74. The standard InChI is InChI=1S/C24H20N2O/c1-16-5-3-4-6-22(16)24(27)26-21-10-7-17(2)23(14-21)19-9-8-18-11-12-25-15-20(18)13-19/h3-15H,1-2H3,(H,26,27). The van der Waals surface area contributed by atoms with Crippen molar-refractivity contribution >= 4 is 22.4 Å². The number of anilines is 1. The average molecular weight is 352 g/mol. The van der Waals surface area contributed by atoms with E-state index in [1.54, 1.807) is 6.20 Å². The van der Waals surface area contributed by atoms with Crippen LogP contribution in [0.5, 0.6) is 0 Å². The molecule has 0 atom stereocenters. The molecule has 3 nitrogen and oxygen atoms in total. The lowest BCUT2D eigenvalue weighted by atomic mass is 9.97. The highest BCUT2D eigenvalue weighted by Gasteiger charge is 2.10. The summed E-state index contributed by atoms with van der Waals surface area (Å²) in [6.45, 7) is 4.02. The second kappa shape index (κ2) is 7.04. The van der Waals surface area contributed by atoms with Crippen molar-refractivity contribution in [1.82, 2.24) is 4.98 Å². The van der Waals surface area contributed by atoms with Gasteiger partial charge in [-0.05, 0) is 71.8 Å². The van der Waals surface area contributed by atoms with Crippen molar-refractivity contribution in [2.45, 2.75) is 13.8 Å². The van der Waals surface area contributed by atoms with Crippen LogP contribution >= 0.6 is 0 Å². The Balaban J connectivity index is 1.68. The molecule has 0 spiro atoms. The molecular weight excluding hydrogens is 332 g/mol. The summed E-state index contributed by atoms with van der Waals surface area (Å²) in [5.41, 5.74) is 5.81. The lowest BCUT2D eigenvalue weighted by Gasteiger charge is -2.12. The van der Waals surface area contributed by atoms with Crippen molar-refractivity contribution in [1.29, 1.82) is 0 Å². The fourth-order valence-corrected chi connectivity index (χ4v) is 3.29. The molecule has 3 heteroatoms. The number of nitrogens with zero attached hydrogens (tertiary/aromatic N) is 1. The summed E-state index contributed by atoms with van der Waals surface area (Å²) in [4.78, 5) is 16.8. The molecular formula is C24H20N2O. The predicted octanol–water partition coefficient (Wildman–Crippen LogP) is 5.77. The van der Waals surface area contributed by atoms with Gasteiger partial charge in [0.25, 0.3) is 5.91 Å². The monoisotopic (exact) mass is 352 g/mol. The zero-order valence-electron chi connectivity index (χ0n) is 15.4. The molecule has 1 aromatic heterocycles. The van der Waals surface area contributed by atoms with E-state index in [0.717, 1.165) is 38.7 Å². The number of nitrogens with one attached hydrogen (secondary N) is 1. The number of carbonyl (C=O) groups excluding carboxylic acids is 1. The zero-order chi connectivity index (χ0) is 18.8. The van der Waals surface area contributed by atoms with Gasteiger partial charge in [0, 0.05) is 29.0 Å².